The van der Waals surface area contributed by atoms with Crippen LogP contribution in [0.2, 0.25) is 0 Å². The minimum absolute atomic E-state index is 0.0344. The number of anilines is 1. The summed E-state index contributed by atoms with van der Waals surface area (Å²) in [5, 5.41) is 13.7. The van der Waals surface area contributed by atoms with Crippen LogP contribution < -0.4 is 20.1 Å². The maximum Gasteiger partial charge on any atom is 0.329 e. The van der Waals surface area contributed by atoms with E-state index in [4.69, 9.17) is 33.5 Å². The highest BCUT2D eigenvalue weighted by Crippen LogP contribution is 2.20. The number of amides is 2. The average Bonchev–Trinajstić information content (AvgIpc) is 3.19. The fourth-order valence-electron chi connectivity index (χ4n) is 5.37. The third-order valence-corrected chi connectivity index (χ3v) is 9.66. The van der Waals surface area contributed by atoms with Crippen LogP contribution in [0.1, 0.15) is 108 Å². The van der Waals surface area contributed by atoms with Gasteiger partial charge >= 0.3 is 11.9 Å². The van der Waals surface area contributed by atoms with Crippen LogP contribution in [0.15, 0.2) is 41.6 Å². The normalized spacial score (nSPS) is 11.5. The van der Waals surface area contributed by atoms with Gasteiger partial charge in [0, 0.05) is 19.5 Å². The summed E-state index contributed by atoms with van der Waals surface area (Å²) in [6.07, 6.45) is 15.2. The summed E-state index contributed by atoms with van der Waals surface area (Å²) in [5.74, 6) is -1.64. The van der Waals surface area contributed by atoms with Gasteiger partial charge < -0.3 is 44.2 Å². The quantitative estimate of drug-likeness (QED) is 0.0544. The zero-order valence-electron chi connectivity index (χ0n) is 35.4. The van der Waals surface area contributed by atoms with E-state index in [1.54, 1.807) is 12.1 Å². The summed E-state index contributed by atoms with van der Waals surface area (Å²) in [6, 6.07) is 6.14. The van der Waals surface area contributed by atoms with Crippen molar-refractivity contribution < 1.29 is 61.1 Å². The van der Waals surface area contributed by atoms with E-state index in [0.29, 0.717) is 18.8 Å². The molecular weight excluding hydrogens is 803 g/mol. The molecule has 0 aliphatic rings. The van der Waals surface area contributed by atoms with Gasteiger partial charge in [-0.3, -0.25) is 19.1 Å². The molecule has 0 spiro atoms. The second-order valence-corrected chi connectivity index (χ2v) is 16.5. The Labute approximate surface area is 354 Å². The van der Waals surface area contributed by atoms with Crippen LogP contribution in [-0.2, 0) is 48.1 Å². The van der Waals surface area contributed by atoms with Crippen LogP contribution in [0.5, 0.6) is 5.75 Å². The molecule has 19 heteroatoms. The Morgan fingerprint density at radius 3 is 1.73 bits per heavy atom. The van der Waals surface area contributed by atoms with E-state index >= 15 is 0 Å². The van der Waals surface area contributed by atoms with Gasteiger partial charge in [0.1, 0.15) is 24.6 Å². The van der Waals surface area contributed by atoms with Crippen LogP contribution in [0, 0.1) is 0 Å². The predicted molar refractivity (Wildman–Crippen MR) is 222 cm³/mol. The number of hydrogen-bond acceptors (Lipinski definition) is 14. The number of hydrogen-bond donors (Lipinski definition) is 4. The van der Waals surface area contributed by atoms with Gasteiger partial charge in [0.25, 0.3) is 15.9 Å². The molecule has 0 aliphatic carbocycles. The van der Waals surface area contributed by atoms with Crippen molar-refractivity contribution in [3.8, 4) is 5.75 Å². The number of benzene rings is 1. The molecule has 18 nitrogen and oxygen atoms in total. The Morgan fingerprint density at radius 2 is 1.17 bits per heavy atom. The highest BCUT2D eigenvalue weighted by Gasteiger charge is 2.17. The molecule has 1 heterocycles. The van der Waals surface area contributed by atoms with E-state index in [2.05, 4.69) is 25.3 Å². The van der Waals surface area contributed by atoms with E-state index in [1.165, 1.54) is 56.6 Å². The summed E-state index contributed by atoms with van der Waals surface area (Å²) in [6.45, 7) is 7.18. The largest absolute Gasteiger partial charge is 0.494 e. The minimum Gasteiger partial charge on any atom is -0.494 e. The number of aliphatic carboxylic acids is 1. The molecule has 0 saturated carbocycles. The first kappa shape index (κ1) is 51.7. The van der Waals surface area contributed by atoms with Crippen molar-refractivity contribution >= 4 is 39.5 Å². The highest BCUT2D eigenvalue weighted by atomic mass is 32.2. The second kappa shape index (κ2) is 30.6. The van der Waals surface area contributed by atoms with E-state index in [9.17, 15) is 27.6 Å². The first-order chi connectivity index (χ1) is 28.7. The van der Waals surface area contributed by atoms with Crippen molar-refractivity contribution in [1.29, 1.82) is 0 Å². The van der Waals surface area contributed by atoms with Crippen LogP contribution in [-0.4, -0.2) is 125 Å². The Balaban J connectivity index is 1.49. The van der Waals surface area contributed by atoms with Gasteiger partial charge in [0.2, 0.25) is 11.7 Å². The van der Waals surface area contributed by atoms with Gasteiger partial charge in [0.05, 0.1) is 69.2 Å². The van der Waals surface area contributed by atoms with Crippen molar-refractivity contribution in [2.24, 2.45) is 0 Å². The van der Waals surface area contributed by atoms with Crippen molar-refractivity contribution in [2.75, 3.05) is 77.3 Å². The number of ether oxygens (including phenoxy) is 6. The molecule has 0 fully saturated rings. The summed E-state index contributed by atoms with van der Waals surface area (Å²) >= 11 is 0. The highest BCUT2D eigenvalue weighted by molar-refractivity contribution is 7.92. The zero-order chi connectivity index (χ0) is 43.9. The van der Waals surface area contributed by atoms with Gasteiger partial charge in [0.15, 0.2) is 0 Å². The Morgan fingerprint density at radius 1 is 0.650 bits per heavy atom. The molecule has 0 aliphatic heterocycles. The molecule has 0 saturated heterocycles. The fourth-order valence-corrected chi connectivity index (χ4v) is 6.39. The number of nitrogens with one attached hydrogen (secondary N) is 3. The van der Waals surface area contributed by atoms with E-state index in [1.807, 2.05) is 20.8 Å². The molecule has 0 atom stereocenters. The topological polar surface area (TPSA) is 240 Å². The summed E-state index contributed by atoms with van der Waals surface area (Å²) in [5.41, 5.74) is -0.327. The SMILES string of the molecule is CC(C)(C)OC(=O)CCCCCCCCCCCCCOc1ccc(S(=O)(=O)Nc2cnc(C(=O)NCCOCCOCC(=O)NCCOCCOCC(=O)O)nc2)cc1. The lowest BCUT2D eigenvalue weighted by molar-refractivity contribution is -0.155. The molecular formula is C41H65N5O13S. The molecule has 0 bridgehead atoms. The zero-order valence-corrected chi connectivity index (χ0v) is 36.2. The van der Waals surface area contributed by atoms with E-state index in [0.717, 1.165) is 38.5 Å². The molecule has 0 radical (unpaired) electrons. The number of sulfonamides is 1. The second-order valence-electron chi connectivity index (χ2n) is 14.8. The van der Waals surface area contributed by atoms with Gasteiger partial charge in [-0.15, -0.1) is 0 Å². The van der Waals surface area contributed by atoms with Crippen LogP contribution in [0.25, 0.3) is 0 Å². The molecule has 2 amide bonds. The first-order valence-corrected chi connectivity index (χ1v) is 22.1. The molecule has 1 aromatic carbocycles. The third kappa shape index (κ3) is 26.6. The van der Waals surface area contributed by atoms with Crippen molar-refractivity contribution in [1.82, 2.24) is 20.6 Å². The number of carbonyl (C=O) groups is 4. The summed E-state index contributed by atoms with van der Waals surface area (Å²) in [4.78, 5) is 54.2. The Hall–Kier alpha value is -4.43. The molecule has 0 unspecified atom stereocenters. The number of nitrogens with zero attached hydrogens (tertiary/aromatic N) is 2. The Kier molecular flexibility index (Phi) is 26.3. The third-order valence-electron chi connectivity index (χ3n) is 8.26. The Bertz CT molecular complexity index is 1620. The minimum atomic E-state index is -3.94. The molecule has 338 valence electrons. The monoisotopic (exact) mass is 867 g/mol. The van der Waals surface area contributed by atoms with Crippen molar-refractivity contribution in [2.45, 2.75) is 108 Å². The van der Waals surface area contributed by atoms with Gasteiger partial charge in [-0.25, -0.2) is 23.2 Å². The number of esters is 1. The van der Waals surface area contributed by atoms with Crippen LogP contribution in [0.3, 0.4) is 0 Å². The lowest BCUT2D eigenvalue weighted by atomic mass is 10.1. The molecule has 60 heavy (non-hydrogen) atoms. The summed E-state index contributed by atoms with van der Waals surface area (Å²) < 4.78 is 60.0. The van der Waals surface area contributed by atoms with Crippen molar-refractivity contribution in [3.05, 3.63) is 42.5 Å². The average molecular weight is 868 g/mol. The number of carboxylic acid groups (broad SMARTS) is 1. The van der Waals surface area contributed by atoms with Crippen LogP contribution in [0.4, 0.5) is 5.69 Å². The molecule has 4 N–H and O–H groups in total. The lowest BCUT2D eigenvalue weighted by Crippen LogP contribution is -2.31. The van der Waals surface area contributed by atoms with Gasteiger partial charge in [-0.1, -0.05) is 57.8 Å². The maximum absolute atomic E-state index is 12.9. The number of rotatable bonds is 35. The van der Waals surface area contributed by atoms with Gasteiger partial charge in [-0.05, 0) is 57.9 Å². The van der Waals surface area contributed by atoms with E-state index in [-0.39, 0.29) is 87.6 Å². The van der Waals surface area contributed by atoms with E-state index < -0.39 is 34.1 Å². The van der Waals surface area contributed by atoms with Crippen molar-refractivity contribution in [3.63, 3.8) is 0 Å². The molecule has 2 aromatic rings. The molecule has 2 rings (SSSR count). The lowest BCUT2D eigenvalue weighted by Gasteiger charge is -2.19. The summed E-state index contributed by atoms with van der Waals surface area (Å²) in [7, 11) is -3.94. The molecule has 1 aromatic heterocycles. The first-order valence-electron chi connectivity index (χ1n) is 20.6. The number of carboxylic acids is 1. The van der Waals surface area contributed by atoms with Gasteiger partial charge in [-0.2, -0.15) is 0 Å². The predicted octanol–water partition coefficient (Wildman–Crippen LogP) is 4.68. The number of aromatic nitrogens is 2. The standard InChI is InChI=1S/C41H65N5O13S/c1-41(2,3)59-38(50)15-13-11-9-7-5-4-6-8-10-12-14-22-58-34-16-18-35(19-17-34)60(52,53)46-33-29-44-39(45-30-33)40(51)43-21-24-55-25-27-56-31-36(47)42-20-23-54-26-28-57-32-37(48)49/h16-19,29-30,46H,4-15,20-28,31-32H2,1-3H3,(H,42,47)(H,43,51)(H,48,49). The number of unbranched alkanes of at least 4 members (excludes halogenated alkanes) is 10. The maximum atomic E-state index is 12.9. The number of carbonyl (C=O) groups excluding carboxylic acids is 3. The fraction of sp³-hybridized carbons (Fsp3) is 0.659. The van der Waals surface area contributed by atoms with Crippen LogP contribution >= 0.6 is 0 Å². The smallest absolute Gasteiger partial charge is 0.329 e.